The zero-order chi connectivity index (χ0) is 14.6. The van der Waals surface area contributed by atoms with Crippen LogP contribution < -0.4 is 10.5 Å². The number of Topliss-reactive ketones (excluding diaryl/α,β-unsaturated/α-hetero) is 1. The van der Waals surface area contributed by atoms with Crippen LogP contribution in [-0.2, 0) is 14.8 Å². The van der Waals surface area contributed by atoms with Crippen molar-refractivity contribution in [1.29, 1.82) is 0 Å². The van der Waals surface area contributed by atoms with Gasteiger partial charge >= 0.3 is 0 Å². The van der Waals surface area contributed by atoms with E-state index in [9.17, 15) is 18.0 Å². The lowest BCUT2D eigenvalue weighted by molar-refractivity contribution is -0.118. The Bertz CT molecular complexity index is 578. The third-order valence-electron chi connectivity index (χ3n) is 2.43. The Morgan fingerprint density at radius 3 is 2.21 bits per heavy atom. The van der Waals surface area contributed by atoms with E-state index in [4.69, 9.17) is 5.73 Å². The van der Waals surface area contributed by atoms with Gasteiger partial charge in [-0.25, -0.2) is 13.1 Å². The van der Waals surface area contributed by atoms with E-state index >= 15 is 0 Å². The summed E-state index contributed by atoms with van der Waals surface area (Å²) in [6.45, 7) is 2.95. The van der Waals surface area contributed by atoms with Crippen LogP contribution in [0, 0.1) is 0 Å². The molecule has 0 spiro atoms. The van der Waals surface area contributed by atoms with Gasteiger partial charge in [-0.1, -0.05) is 12.1 Å². The van der Waals surface area contributed by atoms with Crippen LogP contribution in [-0.4, -0.2) is 26.2 Å². The summed E-state index contributed by atoms with van der Waals surface area (Å²) in [7, 11) is -3.72. The molecule has 0 heterocycles. The summed E-state index contributed by atoms with van der Waals surface area (Å²) in [6, 6.07) is 4.98. The molecule has 0 bridgehead atoms. The summed E-state index contributed by atoms with van der Waals surface area (Å²) in [6.07, 6.45) is -0.0786. The number of nitrogens with one attached hydrogen (secondary N) is 1. The number of rotatable bonds is 6. The lowest BCUT2D eigenvalue weighted by Gasteiger charge is -2.12. The molecule has 0 aliphatic rings. The SMILES string of the molecule is CC(=O)c1ccc(S(=O)(=O)NC(C)CC(N)=O)cc1. The Labute approximate surface area is 112 Å². The summed E-state index contributed by atoms with van der Waals surface area (Å²) in [5, 5.41) is 0. The Kier molecular flexibility index (Phi) is 4.79. The summed E-state index contributed by atoms with van der Waals surface area (Å²) >= 11 is 0. The molecule has 0 aliphatic carbocycles. The van der Waals surface area contributed by atoms with E-state index in [0.29, 0.717) is 5.56 Å². The van der Waals surface area contributed by atoms with E-state index in [1.807, 2.05) is 0 Å². The number of amides is 1. The minimum Gasteiger partial charge on any atom is -0.370 e. The molecule has 0 aromatic heterocycles. The first kappa shape index (κ1) is 15.3. The molecule has 0 fully saturated rings. The van der Waals surface area contributed by atoms with Crippen LogP contribution in [0.3, 0.4) is 0 Å². The molecule has 1 rings (SSSR count). The molecule has 19 heavy (non-hydrogen) atoms. The van der Waals surface area contributed by atoms with Gasteiger partial charge in [-0.05, 0) is 26.0 Å². The van der Waals surface area contributed by atoms with E-state index in [0.717, 1.165) is 0 Å². The second-order valence-corrected chi connectivity index (χ2v) is 5.99. The highest BCUT2D eigenvalue weighted by molar-refractivity contribution is 7.89. The van der Waals surface area contributed by atoms with E-state index in [1.165, 1.54) is 31.2 Å². The average Bonchev–Trinajstić information content (AvgIpc) is 2.27. The summed E-state index contributed by atoms with van der Waals surface area (Å²) < 4.78 is 26.3. The van der Waals surface area contributed by atoms with Gasteiger partial charge in [0, 0.05) is 18.0 Å². The van der Waals surface area contributed by atoms with Crippen LogP contribution in [0.1, 0.15) is 30.6 Å². The Balaban J connectivity index is 2.88. The van der Waals surface area contributed by atoms with Gasteiger partial charge in [0.05, 0.1) is 4.90 Å². The van der Waals surface area contributed by atoms with Crippen molar-refractivity contribution in [3.05, 3.63) is 29.8 Å². The topological polar surface area (TPSA) is 106 Å². The molecule has 1 aromatic rings. The summed E-state index contributed by atoms with van der Waals surface area (Å²) in [5.41, 5.74) is 5.43. The predicted molar refractivity (Wildman–Crippen MR) is 70.0 cm³/mol. The normalized spacial score (nSPS) is 12.9. The molecule has 0 aliphatic heterocycles. The fraction of sp³-hybridized carbons (Fsp3) is 0.333. The molecule has 7 heteroatoms. The third kappa shape index (κ3) is 4.46. The zero-order valence-corrected chi connectivity index (χ0v) is 11.5. The van der Waals surface area contributed by atoms with Gasteiger partial charge < -0.3 is 5.73 Å². The quantitative estimate of drug-likeness (QED) is 0.739. The number of benzene rings is 1. The third-order valence-corrected chi connectivity index (χ3v) is 4.04. The van der Waals surface area contributed by atoms with Gasteiger partial charge in [0.15, 0.2) is 5.78 Å². The Hall–Kier alpha value is -1.73. The van der Waals surface area contributed by atoms with Gasteiger partial charge in [-0.15, -0.1) is 0 Å². The standard InChI is InChI=1S/C12H16N2O4S/c1-8(7-12(13)16)14-19(17,18)11-5-3-10(4-6-11)9(2)15/h3-6,8,14H,7H2,1-2H3,(H2,13,16). The maximum absolute atomic E-state index is 12.0. The number of sulfonamides is 1. The molecule has 0 saturated heterocycles. The molecule has 0 radical (unpaired) electrons. The van der Waals surface area contributed by atoms with E-state index < -0.39 is 22.0 Å². The second kappa shape index (κ2) is 5.94. The Morgan fingerprint density at radius 1 is 1.26 bits per heavy atom. The number of carbonyl (C=O) groups excluding carboxylic acids is 2. The van der Waals surface area contributed by atoms with Gasteiger partial charge in [-0.3, -0.25) is 9.59 Å². The molecular formula is C12H16N2O4S. The van der Waals surface area contributed by atoms with E-state index in [2.05, 4.69) is 4.72 Å². The number of ketones is 1. The molecular weight excluding hydrogens is 268 g/mol. The lowest BCUT2D eigenvalue weighted by Crippen LogP contribution is -2.35. The van der Waals surface area contributed by atoms with Gasteiger partial charge in [0.25, 0.3) is 0 Å². The van der Waals surface area contributed by atoms with Crippen molar-refractivity contribution in [3.8, 4) is 0 Å². The molecule has 3 N–H and O–H groups in total. The van der Waals surface area contributed by atoms with Crippen molar-refractivity contribution in [1.82, 2.24) is 4.72 Å². The van der Waals surface area contributed by atoms with Crippen molar-refractivity contribution < 1.29 is 18.0 Å². The van der Waals surface area contributed by atoms with Crippen molar-refractivity contribution >= 4 is 21.7 Å². The molecule has 1 amide bonds. The number of hydrogen-bond acceptors (Lipinski definition) is 4. The number of nitrogens with two attached hydrogens (primary N) is 1. The Morgan fingerprint density at radius 2 is 1.79 bits per heavy atom. The number of primary amides is 1. The van der Waals surface area contributed by atoms with Crippen molar-refractivity contribution in [2.45, 2.75) is 31.2 Å². The van der Waals surface area contributed by atoms with Crippen molar-refractivity contribution in [2.24, 2.45) is 5.73 Å². The first-order valence-electron chi connectivity index (χ1n) is 5.64. The molecule has 1 aromatic carbocycles. The van der Waals surface area contributed by atoms with E-state index in [-0.39, 0.29) is 17.1 Å². The highest BCUT2D eigenvalue weighted by Gasteiger charge is 2.18. The minimum atomic E-state index is -3.72. The molecule has 1 atom stereocenters. The van der Waals surface area contributed by atoms with Crippen LogP contribution >= 0.6 is 0 Å². The number of carbonyl (C=O) groups is 2. The van der Waals surface area contributed by atoms with E-state index in [1.54, 1.807) is 6.92 Å². The molecule has 104 valence electrons. The first-order valence-corrected chi connectivity index (χ1v) is 7.12. The molecule has 0 saturated carbocycles. The van der Waals surface area contributed by atoms with Gasteiger partial charge in [0.2, 0.25) is 15.9 Å². The smallest absolute Gasteiger partial charge is 0.240 e. The maximum Gasteiger partial charge on any atom is 0.240 e. The van der Waals surface area contributed by atoms with Crippen LogP contribution in [0.4, 0.5) is 0 Å². The van der Waals surface area contributed by atoms with Crippen LogP contribution in [0.5, 0.6) is 0 Å². The van der Waals surface area contributed by atoms with Gasteiger partial charge in [-0.2, -0.15) is 0 Å². The highest BCUT2D eigenvalue weighted by Crippen LogP contribution is 2.12. The van der Waals surface area contributed by atoms with Crippen LogP contribution in [0.2, 0.25) is 0 Å². The number of hydrogen-bond donors (Lipinski definition) is 2. The monoisotopic (exact) mass is 284 g/mol. The predicted octanol–water partition coefficient (Wildman–Crippen LogP) is 0.431. The van der Waals surface area contributed by atoms with Crippen molar-refractivity contribution in [3.63, 3.8) is 0 Å². The minimum absolute atomic E-state index is 0.0359. The zero-order valence-electron chi connectivity index (χ0n) is 10.7. The van der Waals surface area contributed by atoms with Crippen LogP contribution in [0.25, 0.3) is 0 Å². The average molecular weight is 284 g/mol. The van der Waals surface area contributed by atoms with Crippen LogP contribution in [0.15, 0.2) is 29.2 Å². The first-order chi connectivity index (χ1) is 8.72. The molecule has 1 unspecified atom stereocenters. The fourth-order valence-corrected chi connectivity index (χ4v) is 2.79. The highest BCUT2D eigenvalue weighted by atomic mass is 32.2. The lowest BCUT2D eigenvalue weighted by atomic mass is 10.2. The maximum atomic E-state index is 12.0. The van der Waals surface area contributed by atoms with Gasteiger partial charge in [0.1, 0.15) is 0 Å². The largest absolute Gasteiger partial charge is 0.370 e. The fourth-order valence-electron chi connectivity index (χ4n) is 1.55. The summed E-state index contributed by atoms with van der Waals surface area (Å²) in [5.74, 6) is -0.721. The second-order valence-electron chi connectivity index (χ2n) is 4.27. The summed E-state index contributed by atoms with van der Waals surface area (Å²) in [4.78, 5) is 21.8. The molecule has 6 nitrogen and oxygen atoms in total. The van der Waals surface area contributed by atoms with Crippen molar-refractivity contribution in [2.75, 3.05) is 0 Å².